The zero-order valence-electron chi connectivity index (χ0n) is 11.7. The maximum Gasteiger partial charge on any atom is 0.240 e. The lowest BCUT2D eigenvalue weighted by Gasteiger charge is -2.36. The average molecular weight is 323 g/mol. The minimum atomic E-state index is -0.0249. The van der Waals surface area contributed by atoms with Crippen LogP contribution in [0.1, 0.15) is 18.6 Å². The summed E-state index contributed by atoms with van der Waals surface area (Å²) in [6.45, 7) is 3.93. The minimum absolute atomic E-state index is 0.0249. The van der Waals surface area contributed by atoms with Crippen LogP contribution in [0.15, 0.2) is 28.4 Å². The Hall–Kier alpha value is -1.28. The molecule has 1 aliphatic heterocycles. The van der Waals surface area contributed by atoms with Crippen molar-refractivity contribution in [3.05, 3.63) is 34.0 Å². The predicted molar refractivity (Wildman–Crippen MR) is 84.8 cm³/mol. The summed E-state index contributed by atoms with van der Waals surface area (Å²) in [6, 6.07) is 2.08. The number of ether oxygens (including phenoxy) is 1. The molecule has 0 saturated carbocycles. The molecule has 0 aliphatic carbocycles. The van der Waals surface area contributed by atoms with Gasteiger partial charge in [-0.15, -0.1) is 11.3 Å². The SMILES string of the molecule is C[C@@H]1CN(CC(=O)Nc2nccs2)C[C@H](c2ccsc2)O1. The Bertz CT molecular complexity index is 571. The summed E-state index contributed by atoms with van der Waals surface area (Å²) in [5.41, 5.74) is 1.19. The summed E-state index contributed by atoms with van der Waals surface area (Å²) in [5.74, 6) is -0.0249. The van der Waals surface area contributed by atoms with E-state index in [9.17, 15) is 4.79 Å². The molecular formula is C14H17N3O2S2. The molecule has 21 heavy (non-hydrogen) atoms. The van der Waals surface area contributed by atoms with Gasteiger partial charge in [-0.3, -0.25) is 9.69 Å². The number of hydrogen-bond donors (Lipinski definition) is 1. The van der Waals surface area contributed by atoms with E-state index in [0.29, 0.717) is 11.7 Å². The van der Waals surface area contributed by atoms with Crippen molar-refractivity contribution in [1.29, 1.82) is 0 Å². The van der Waals surface area contributed by atoms with Crippen molar-refractivity contribution >= 4 is 33.7 Å². The zero-order chi connectivity index (χ0) is 14.7. The van der Waals surface area contributed by atoms with E-state index < -0.39 is 0 Å². The van der Waals surface area contributed by atoms with E-state index in [2.05, 4.69) is 32.0 Å². The summed E-state index contributed by atoms with van der Waals surface area (Å²) in [7, 11) is 0. The van der Waals surface area contributed by atoms with Crippen LogP contribution in [0.4, 0.5) is 5.13 Å². The van der Waals surface area contributed by atoms with Crippen LogP contribution in [0.5, 0.6) is 0 Å². The third-order valence-electron chi connectivity index (χ3n) is 3.30. The molecule has 1 N–H and O–H groups in total. The first-order valence-corrected chi connectivity index (χ1v) is 8.62. The highest BCUT2D eigenvalue weighted by molar-refractivity contribution is 7.13. The van der Waals surface area contributed by atoms with E-state index in [1.807, 2.05) is 12.3 Å². The molecule has 1 saturated heterocycles. The van der Waals surface area contributed by atoms with Gasteiger partial charge in [-0.1, -0.05) is 0 Å². The molecule has 0 aromatic carbocycles. The minimum Gasteiger partial charge on any atom is -0.368 e. The highest BCUT2D eigenvalue weighted by atomic mass is 32.1. The van der Waals surface area contributed by atoms with Gasteiger partial charge in [0, 0.05) is 24.7 Å². The smallest absolute Gasteiger partial charge is 0.240 e. The average Bonchev–Trinajstić information content (AvgIpc) is 3.10. The molecule has 0 bridgehead atoms. The third-order valence-corrected chi connectivity index (χ3v) is 4.69. The van der Waals surface area contributed by atoms with Crippen molar-refractivity contribution in [2.24, 2.45) is 0 Å². The summed E-state index contributed by atoms with van der Waals surface area (Å²) in [4.78, 5) is 18.3. The third kappa shape index (κ3) is 3.88. The van der Waals surface area contributed by atoms with Crippen LogP contribution in [0, 0.1) is 0 Å². The molecule has 1 fully saturated rings. The molecule has 2 aromatic heterocycles. The number of thiophene rings is 1. The topological polar surface area (TPSA) is 54.5 Å². The normalized spacial score (nSPS) is 23.1. The number of amides is 1. The van der Waals surface area contributed by atoms with Gasteiger partial charge in [0.1, 0.15) is 0 Å². The fourth-order valence-electron chi connectivity index (χ4n) is 2.46. The molecule has 5 nitrogen and oxygen atoms in total. The predicted octanol–water partition coefficient (Wildman–Crippen LogP) is 2.61. The Balaban J connectivity index is 1.58. The summed E-state index contributed by atoms with van der Waals surface area (Å²) >= 11 is 3.10. The second-order valence-corrected chi connectivity index (χ2v) is 6.75. The molecule has 2 aromatic rings. The monoisotopic (exact) mass is 323 g/mol. The van der Waals surface area contributed by atoms with Gasteiger partial charge in [-0.2, -0.15) is 11.3 Å². The van der Waals surface area contributed by atoms with Crippen LogP contribution in [0.2, 0.25) is 0 Å². The van der Waals surface area contributed by atoms with Gasteiger partial charge in [0.15, 0.2) is 5.13 Å². The van der Waals surface area contributed by atoms with Gasteiger partial charge in [0.05, 0.1) is 18.8 Å². The Kier molecular flexibility index (Phi) is 4.64. The number of hydrogen-bond acceptors (Lipinski definition) is 6. The van der Waals surface area contributed by atoms with E-state index in [4.69, 9.17) is 4.74 Å². The summed E-state index contributed by atoms with van der Waals surface area (Å²) in [5, 5.41) is 9.48. The van der Waals surface area contributed by atoms with Crippen molar-refractivity contribution < 1.29 is 9.53 Å². The van der Waals surface area contributed by atoms with Gasteiger partial charge in [-0.05, 0) is 29.3 Å². The van der Waals surface area contributed by atoms with E-state index >= 15 is 0 Å². The Morgan fingerprint density at radius 2 is 2.43 bits per heavy atom. The standard InChI is InChI=1S/C14H17N3O2S2/c1-10-6-17(7-12(19-10)11-2-4-20-9-11)8-13(18)16-14-15-3-5-21-14/h2-5,9-10,12H,6-8H2,1H3,(H,15,16,18)/t10-,12-/m1/s1. The van der Waals surface area contributed by atoms with Gasteiger partial charge < -0.3 is 10.1 Å². The quantitative estimate of drug-likeness (QED) is 0.940. The molecule has 112 valence electrons. The number of nitrogens with zero attached hydrogens (tertiary/aromatic N) is 2. The fraction of sp³-hybridized carbons (Fsp3) is 0.429. The largest absolute Gasteiger partial charge is 0.368 e. The Morgan fingerprint density at radius 1 is 1.52 bits per heavy atom. The lowest BCUT2D eigenvalue weighted by atomic mass is 10.1. The molecule has 3 rings (SSSR count). The summed E-state index contributed by atoms with van der Waals surface area (Å²) < 4.78 is 5.97. The van der Waals surface area contributed by atoms with Crippen molar-refractivity contribution in [2.75, 3.05) is 25.0 Å². The molecular weight excluding hydrogens is 306 g/mol. The maximum atomic E-state index is 12.1. The first kappa shape index (κ1) is 14.6. The number of morpholine rings is 1. The molecule has 0 radical (unpaired) electrons. The fourth-order valence-corrected chi connectivity index (χ4v) is 3.70. The van der Waals surface area contributed by atoms with Crippen molar-refractivity contribution in [1.82, 2.24) is 9.88 Å². The van der Waals surface area contributed by atoms with Crippen molar-refractivity contribution in [3.8, 4) is 0 Å². The van der Waals surface area contributed by atoms with Crippen LogP contribution in [-0.4, -0.2) is 41.5 Å². The van der Waals surface area contributed by atoms with E-state index in [0.717, 1.165) is 13.1 Å². The molecule has 1 amide bonds. The van der Waals surface area contributed by atoms with Crippen molar-refractivity contribution in [2.45, 2.75) is 19.1 Å². The second kappa shape index (κ2) is 6.65. The number of aromatic nitrogens is 1. The number of thiazole rings is 1. The molecule has 1 aliphatic rings. The van der Waals surface area contributed by atoms with Crippen LogP contribution in [0.25, 0.3) is 0 Å². The first-order valence-electron chi connectivity index (χ1n) is 6.80. The second-order valence-electron chi connectivity index (χ2n) is 5.07. The van der Waals surface area contributed by atoms with Crippen molar-refractivity contribution in [3.63, 3.8) is 0 Å². The highest BCUT2D eigenvalue weighted by Gasteiger charge is 2.27. The maximum absolute atomic E-state index is 12.1. The van der Waals surface area contributed by atoms with Gasteiger partial charge in [-0.25, -0.2) is 4.98 Å². The molecule has 7 heteroatoms. The number of nitrogens with one attached hydrogen (secondary N) is 1. The van der Waals surface area contributed by atoms with Gasteiger partial charge in [0.2, 0.25) is 5.91 Å². The van der Waals surface area contributed by atoms with E-state index in [1.54, 1.807) is 17.5 Å². The Morgan fingerprint density at radius 3 is 3.14 bits per heavy atom. The van der Waals surface area contributed by atoms with Crippen LogP contribution in [0.3, 0.4) is 0 Å². The van der Waals surface area contributed by atoms with Gasteiger partial charge in [0.25, 0.3) is 0 Å². The van der Waals surface area contributed by atoms with Crippen LogP contribution in [-0.2, 0) is 9.53 Å². The van der Waals surface area contributed by atoms with Crippen LogP contribution < -0.4 is 5.32 Å². The Labute approximate surface area is 131 Å². The van der Waals surface area contributed by atoms with Gasteiger partial charge >= 0.3 is 0 Å². The number of rotatable bonds is 4. The molecule has 0 spiro atoms. The highest BCUT2D eigenvalue weighted by Crippen LogP contribution is 2.26. The number of carbonyl (C=O) groups is 1. The van der Waals surface area contributed by atoms with E-state index in [-0.39, 0.29) is 18.1 Å². The molecule has 0 unspecified atom stereocenters. The molecule has 2 atom stereocenters. The lowest BCUT2D eigenvalue weighted by Crippen LogP contribution is -2.45. The van der Waals surface area contributed by atoms with E-state index in [1.165, 1.54) is 16.9 Å². The first-order chi connectivity index (χ1) is 10.2. The summed E-state index contributed by atoms with van der Waals surface area (Å²) in [6.07, 6.45) is 1.85. The number of anilines is 1. The molecule has 3 heterocycles. The van der Waals surface area contributed by atoms with Crippen LogP contribution >= 0.6 is 22.7 Å². The lowest BCUT2D eigenvalue weighted by molar-refractivity contribution is -0.122. The zero-order valence-corrected chi connectivity index (χ0v) is 13.3. The number of carbonyl (C=O) groups excluding carboxylic acids is 1.